The zero-order chi connectivity index (χ0) is 11.2. The van der Waals surface area contributed by atoms with Gasteiger partial charge in [-0.05, 0) is 0 Å². The normalized spacial score (nSPS) is 13.3. The molecule has 86 valence electrons. The largest absolute Gasteiger partial charge is 0.503 e. The zero-order valence-corrected chi connectivity index (χ0v) is 11.9. The van der Waals surface area contributed by atoms with Crippen LogP contribution in [0.15, 0.2) is 0 Å². The second-order valence-corrected chi connectivity index (χ2v) is 10.4. The molecule has 0 aliphatic rings. The summed E-state index contributed by atoms with van der Waals surface area (Å²) in [5, 5.41) is 0. The van der Waals surface area contributed by atoms with Crippen molar-refractivity contribution in [3.63, 3.8) is 0 Å². The Morgan fingerprint density at radius 3 is 1.36 bits per heavy atom. The molecule has 8 heteroatoms. The molecule has 0 saturated heterocycles. The van der Waals surface area contributed by atoms with Crippen LogP contribution in [-0.4, -0.2) is 52.2 Å². The average Bonchev–Trinajstić information content (AvgIpc) is 2.26. The molecule has 0 saturated carbocycles. The monoisotopic (exact) mass is 260 g/mol. The predicted molar refractivity (Wildman–Crippen MR) is 57.2 cm³/mol. The van der Waals surface area contributed by atoms with Crippen LogP contribution < -0.4 is 0 Å². The third-order valence-electron chi connectivity index (χ3n) is 1.97. The van der Waals surface area contributed by atoms with Gasteiger partial charge in [0.1, 0.15) is 0 Å². The summed E-state index contributed by atoms with van der Waals surface area (Å²) in [7, 11) is 2.13. The molecule has 14 heavy (non-hydrogen) atoms. The Kier molecular flexibility index (Phi) is 6.41. The molecular formula is C6H17ClO5Si2. The van der Waals surface area contributed by atoms with Crippen molar-refractivity contribution in [2.75, 3.05) is 35.5 Å². The molecule has 0 fully saturated rings. The molecule has 0 radical (unpaired) electrons. The van der Waals surface area contributed by atoms with E-state index in [4.69, 9.17) is 33.2 Å². The fourth-order valence-electron chi connectivity index (χ4n) is 0.953. The van der Waals surface area contributed by atoms with Gasteiger partial charge >= 0.3 is 16.7 Å². The molecule has 5 nitrogen and oxygen atoms in total. The van der Waals surface area contributed by atoms with E-state index in [1.54, 1.807) is 0 Å². The molecule has 0 bridgehead atoms. The van der Waals surface area contributed by atoms with Gasteiger partial charge in [0.05, 0.1) is 5.67 Å². The fraction of sp³-hybridized carbons (Fsp3) is 1.00. The highest BCUT2D eigenvalue weighted by Gasteiger charge is 2.51. The van der Waals surface area contributed by atoms with Crippen LogP contribution in [0.4, 0.5) is 0 Å². The van der Waals surface area contributed by atoms with E-state index in [2.05, 4.69) is 0 Å². The van der Waals surface area contributed by atoms with Crippen LogP contribution in [-0.2, 0) is 22.1 Å². The molecule has 0 spiro atoms. The minimum Gasteiger partial charge on any atom is -0.386 e. The van der Waals surface area contributed by atoms with Gasteiger partial charge in [-0.15, -0.1) is 0 Å². The summed E-state index contributed by atoms with van der Waals surface area (Å²) in [5.41, 5.74) is 0.345. The van der Waals surface area contributed by atoms with E-state index in [1.165, 1.54) is 35.5 Å². The molecule has 0 unspecified atom stereocenters. The Bertz CT molecular complexity index is 154. The molecule has 0 amide bonds. The number of hydrogen-bond acceptors (Lipinski definition) is 5. The minimum atomic E-state index is -2.74. The summed E-state index contributed by atoms with van der Waals surface area (Å²) in [6, 6.07) is 0. The van der Waals surface area contributed by atoms with Gasteiger partial charge in [-0.25, -0.2) is 0 Å². The topological polar surface area (TPSA) is 46.2 Å². The van der Waals surface area contributed by atoms with Crippen molar-refractivity contribution in [1.29, 1.82) is 0 Å². The maximum Gasteiger partial charge on any atom is 0.503 e. The Morgan fingerprint density at radius 1 is 0.786 bits per heavy atom. The lowest BCUT2D eigenvalue weighted by atomic mass is 11.8. The Balaban J connectivity index is 4.56. The first kappa shape index (κ1) is 14.5. The highest BCUT2D eigenvalue weighted by Crippen LogP contribution is 2.25. The first-order valence-electron chi connectivity index (χ1n) is 3.96. The van der Waals surface area contributed by atoms with E-state index in [0.717, 1.165) is 0 Å². The zero-order valence-electron chi connectivity index (χ0n) is 9.13. The van der Waals surface area contributed by atoms with E-state index in [0.29, 0.717) is 5.67 Å². The SMILES string of the molecule is CO[Si](Cl)(C[Si](OC)(OC)OC)OC. The molecule has 0 aromatic heterocycles. The molecule has 0 aliphatic carbocycles. The summed E-state index contributed by atoms with van der Waals surface area (Å²) in [6.45, 7) is 0. The summed E-state index contributed by atoms with van der Waals surface area (Å²) < 4.78 is 25.9. The predicted octanol–water partition coefficient (Wildman–Crippen LogP) is 0.874. The van der Waals surface area contributed by atoms with E-state index in [-0.39, 0.29) is 0 Å². The van der Waals surface area contributed by atoms with Gasteiger partial charge in [0.15, 0.2) is 0 Å². The van der Waals surface area contributed by atoms with Gasteiger partial charge in [-0.1, -0.05) is 11.1 Å². The maximum atomic E-state index is 6.12. The van der Waals surface area contributed by atoms with Crippen molar-refractivity contribution in [2.45, 2.75) is 5.67 Å². The molecule has 0 aromatic rings. The van der Waals surface area contributed by atoms with Gasteiger partial charge in [0.2, 0.25) is 0 Å². The van der Waals surface area contributed by atoms with Gasteiger partial charge in [0.25, 0.3) is 0 Å². The first-order valence-corrected chi connectivity index (χ1v) is 8.93. The molecular weight excluding hydrogens is 244 g/mol. The quantitative estimate of drug-likeness (QED) is 0.502. The van der Waals surface area contributed by atoms with Crippen LogP contribution in [0, 0.1) is 0 Å². The minimum absolute atomic E-state index is 0.345. The van der Waals surface area contributed by atoms with Gasteiger partial charge < -0.3 is 22.1 Å². The fourth-order valence-corrected chi connectivity index (χ4v) is 8.05. The van der Waals surface area contributed by atoms with E-state index in [1.807, 2.05) is 0 Å². The third kappa shape index (κ3) is 3.59. The molecule has 0 aromatic carbocycles. The lowest BCUT2D eigenvalue weighted by molar-refractivity contribution is 0.124. The van der Waals surface area contributed by atoms with Crippen LogP contribution >= 0.6 is 11.1 Å². The first-order chi connectivity index (χ1) is 6.51. The van der Waals surface area contributed by atoms with Crippen molar-refractivity contribution in [1.82, 2.24) is 0 Å². The van der Waals surface area contributed by atoms with Gasteiger partial charge in [-0.2, -0.15) is 0 Å². The Morgan fingerprint density at radius 2 is 1.14 bits per heavy atom. The van der Waals surface area contributed by atoms with Crippen molar-refractivity contribution in [2.24, 2.45) is 0 Å². The Hall–Kier alpha value is 0.524. The summed E-state index contributed by atoms with van der Waals surface area (Å²) in [4.78, 5) is 0. The van der Waals surface area contributed by atoms with Crippen molar-refractivity contribution in [3.8, 4) is 0 Å². The van der Waals surface area contributed by atoms with E-state index < -0.39 is 16.7 Å². The second-order valence-electron chi connectivity index (χ2n) is 2.54. The van der Waals surface area contributed by atoms with Crippen LogP contribution in [0.25, 0.3) is 0 Å². The smallest absolute Gasteiger partial charge is 0.386 e. The molecule has 0 heterocycles. The van der Waals surface area contributed by atoms with Crippen LogP contribution in [0.1, 0.15) is 0 Å². The third-order valence-corrected chi connectivity index (χ3v) is 10.6. The van der Waals surface area contributed by atoms with Gasteiger partial charge in [-0.3, -0.25) is 0 Å². The molecule has 0 aliphatic heterocycles. The van der Waals surface area contributed by atoms with Crippen LogP contribution in [0.3, 0.4) is 0 Å². The van der Waals surface area contributed by atoms with Gasteiger partial charge in [0, 0.05) is 35.5 Å². The number of hydrogen-bond donors (Lipinski definition) is 0. The van der Waals surface area contributed by atoms with Crippen molar-refractivity contribution < 1.29 is 22.1 Å². The lowest BCUT2D eigenvalue weighted by Gasteiger charge is -2.29. The number of halogens is 1. The lowest BCUT2D eigenvalue weighted by Crippen LogP contribution is -2.52. The summed E-state index contributed by atoms with van der Waals surface area (Å²) in [5.74, 6) is 0. The number of rotatable bonds is 7. The van der Waals surface area contributed by atoms with Crippen molar-refractivity contribution >= 4 is 27.8 Å². The van der Waals surface area contributed by atoms with E-state index >= 15 is 0 Å². The standard InChI is InChI=1S/C6H17ClO5Si2/c1-8-13(7,9-2)6-14(10-3,11-4)12-5/h6H2,1-5H3. The molecule has 0 N–H and O–H groups in total. The highest BCUT2D eigenvalue weighted by molar-refractivity contribution is 7.16. The van der Waals surface area contributed by atoms with Crippen molar-refractivity contribution in [3.05, 3.63) is 0 Å². The molecule has 0 rings (SSSR count). The molecule has 0 atom stereocenters. The summed E-state index contributed by atoms with van der Waals surface area (Å²) >= 11 is 6.12. The average molecular weight is 261 g/mol. The van der Waals surface area contributed by atoms with Crippen LogP contribution in [0.5, 0.6) is 0 Å². The van der Waals surface area contributed by atoms with Crippen LogP contribution in [0.2, 0.25) is 5.67 Å². The highest BCUT2D eigenvalue weighted by atomic mass is 35.6. The second kappa shape index (κ2) is 6.18. The van der Waals surface area contributed by atoms with E-state index in [9.17, 15) is 0 Å². The summed E-state index contributed by atoms with van der Waals surface area (Å²) in [6.07, 6.45) is 0. The maximum absolute atomic E-state index is 6.12. The Labute approximate surface area is 91.5 Å².